The van der Waals surface area contributed by atoms with E-state index in [2.05, 4.69) is 12.4 Å². The van der Waals surface area contributed by atoms with E-state index in [9.17, 15) is 4.79 Å². The molecular weight excluding hydrogens is 152 g/mol. The molecule has 0 unspecified atom stereocenters. The van der Waals surface area contributed by atoms with Crippen LogP contribution in [0.4, 0.5) is 0 Å². The van der Waals surface area contributed by atoms with E-state index in [4.69, 9.17) is 5.26 Å². The number of nitrogens with one attached hydrogen (secondary N) is 1. The molecule has 1 aromatic rings. The lowest BCUT2D eigenvalue weighted by Gasteiger charge is -1.97. The largest absolute Gasteiger partial charge is 0.350 e. The third-order valence-electron chi connectivity index (χ3n) is 1.44. The van der Waals surface area contributed by atoms with Crippen LogP contribution in [0.2, 0.25) is 0 Å². The highest BCUT2D eigenvalue weighted by molar-refractivity contribution is 5.94. The van der Waals surface area contributed by atoms with Crippen LogP contribution in [-0.4, -0.2) is 5.91 Å². The summed E-state index contributed by atoms with van der Waals surface area (Å²) >= 11 is 0. The number of rotatable bonds is 1. The van der Waals surface area contributed by atoms with E-state index < -0.39 is 0 Å². The fraction of sp³-hybridized carbons (Fsp3) is 0. The number of carbonyl (C=O) groups excluding carboxylic acids is 1. The highest BCUT2D eigenvalue weighted by atomic mass is 16.1. The van der Waals surface area contributed by atoms with Crippen LogP contribution in [0.3, 0.4) is 0 Å². The molecule has 59 valence electrons. The Hall–Kier alpha value is -1.82. The first kappa shape index (κ1) is 8.28. The standard InChI is InChI=1S/C9H7N2O/c1-11-9(12)8-4-2-7(6-10)3-5-8/h2-5H,1H2,(H,11,12). The van der Waals surface area contributed by atoms with Crippen LogP contribution >= 0.6 is 0 Å². The normalized spacial score (nSPS) is 8.67. The molecular formula is C9H7N2O. The number of nitrogens with zero attached hydrogens (tertiary/aromatic N) is 1. The molecule has 1 N–H and O–H groups in total. The second-order valence-corrected chi connectivity index (χ2v) is 2.20. The van der Waals surface area contributed by atoms with Crippen molar-refractivity contribution in [1.82, 2.24) is 5.32 Å². The van der Waals surface area contributed by atoms with Crippen molar-refractivity contribution in [3.8, 4) is 6.07 Å². The smallest absolute Gasteiger partial charge is 0.251 e. The quantitative estimate of drug-likeness (QED) is 0.666. The minimum atomic E-state index is -0.250. The van der Waals surface area contributed by atoms with E-state index in [0.717, 1.165) is 0 Å². The predicted octanol–water partition coefficient (Wildman–Crippen LogP) is 1.08. The number of hydrogen-bond donors (Lipinski definition) is 1. The maximum atomic E-state index is 11.0. The first-order valence-electron chi connectivity index (χ1n) is 3.35. The van der Waals surface area contributed by atoms with Crippen molar-refractivity contribution in [1.29, 1.82) is 5.26 Å². The van der Waals surface area contributed by atoms with Gasteiger partial charge >= 0.3 is 0 Å². The average molecular weight is 159 g/mol. The van der Waals surface area contributed by atoms with Crippen LogP contribution in [0.5, 0.6) is 0 Å². The molecule has 1 amide bonds. The van der Waals surface area contributed by atoms with Gasteiger partial charge in [-0.1, -0.05) is 0 Å². The second-order valence-electron chi connectivity index (χ2n) is 2.20. The summed E-state index contributed by atoms with van der Waals surface area (Å²) in [6.45, 7) is 0. The summed E-state index contributed by atoms with van der Waals surface area (Å²) in [5, 5.41) is 10.7. The van der Waals surface area contributed by atoms with E-state index >= 15 is 0 Å². The molecule has 0 atom stereocenters. The van der Waals surface area contributed by atoms with Crippen LogP contribution in [-0.2, 0) is 0 Å². The Balaban J connectivity index is 2.94. The zero-order valence-corrected chi connectivity index (χ0v) is 6.37. The molecule has 1 radical (unpaired) electrons. The fourth-order valence-corrected chi connectivity index (χ4v) is 0.798. The first-order valence-corrected chi connectivity index (χ1v) is 3.35. The highest BCUT2D eigenvalue weighted by Crippen LogP contribution is 2.02. The van der Waals surface area contributed by atoms with Crippen LogP contribution in [0.15, 0.2) is 24.3 Å². The summed E-state index contributed by atoms with van der Waals surface area (Å²) in [7, 11) is 3.24. The second kappa shape index (κ2) is 3.54. The molecule has 0 saturated carbocycles. The van der Waals surface area contributed by atoms with E-state index in [0.29, 0.717) is 11.1 Å². The maximum Gasteiger partial charge on any atom is 0.251 e. The van der Waals surface area contributed by atoms with Gasteiger partial charge in [0.25, 0.3) is 5.91 Å². The third kappa shape index (κ3) is 1.61. The van der Waals surface area contributed by atoms with Crippen molar-refractivity contribution >= 4 is 5.91 Å². The number of carbonyl (C=O) groups is 1. The molecule has 3 nitrogen and oxygen atoms in total. The molecule has 1 rings (SSSR count). The summed E-state index contributed by atoms with van der Waals surface area (Å²) in [6, 6.07) is 8.30. The molecule has 0 spiro atoms. The van der Waals surface area contributed by atoms with Crippen molar-refractivity contribution < 1.29 is 4.79 Å². The van der Waals surface area contributed by atoms with E-state index in [1.807, 2.05) is 6.07 Å². The Morgan fingerprint density at radius 3 is 2.42 bits per heavy atom. The number of benzene rings is 1. The molecule has 0 fully saturated rings. The monoisotopic (exact) mass is 159 g/mol. The van der Waals surface area contributed by atoms with Gasteiger partial charge in [0.2, 0.25) is 0 Å². The maximum absolute atomic E-state index is 11.0. The minimum absolute atomic E-state index is 0.250. The van der Waals surface area contributed by atoms with Crippen molar-refractivity contribution in [2.75, 3.05) is 0 Å². The molecule has 0 saturated heterocycles. The molecule has 0 aliphatic carbocycles. The first-order chi connectivity index (χ1) is 5.77. The van der Waals surface area contributed by atoms with Gasteiger partial charge < -0.3 is 5.32 Å². The van der Waals surface area contributed by atoms with Crippen LogP contribution < -0.4 is 5.32 Å². The highest BCUT2D eigenvalue weighted by Gasteiger charge is 2.00. The zero-order valence-electron chi connectivity index (χ0n) is 6.37. The Morgan fingerprint density at radius 2 is 2.00 bits per heavy atom. The zero-order chi connectivity index (χ0) is 8.97. The number of amides is 1. The van der Waals surface area contributed by atoms with E-state index in [1.165, 1.54) is 0 Å². The van der Waals surface area contributed by atoms with Gasteiger partial charge in [-0.25, -0.2) is 0 Å². The molecule has 1 aromatic carbocycles. The number of nitriles is 1. The molecule has 3 heteroatoms. The van der Waals surface area contributed by atoms with Crippen LogP contribution in [0.1, 0.15) is 15.9 Å². The summed E-state index contributed by atoms with van der Waals surface area (Å²) in [6.07, 6.45) is 0. The van der Waals surface area contributed by atoms with E-state index in [-0.39, 0.29) is 5.91 Å². The predicted molar refractivity (Wildman–Crippen MR) is 44.0 cm³/mol. The lowest BCUT2D eigenvalue weighted by atomic mass is 10.1. The SMILES string of the molecule is [CH2]NC(=O)c1ccc(C#N)cc1. The van der Waals surface area contributed by atoms with Crippen molar-refractivity contribution in [3.63, 3.8) is 0 Å². The van der Waals surface area contributed by atoms with E-state index in [1.54, 1.807) is 24.3 Å². The summed E-state index contributed by atoms with van der Waals surface area (Å²) in [5.74, 6) is -0.250. The third-order valence-corrected chi connectivity index (χ3v) is 1.44. The molecule has 0 aliphatic rings. The molecule has 0 aromatic heterocycles. The van der Waals surface area contributed by atoms with Gasteiger partial charge in [0, 0.05) is 12.6 Å². The fourth-order valence-electron chi connectivity index (χ4n) is 0.798. The van der Waals surface area contributed by atoms with Gasteiger partial charge in [-0.2, -0.15) is 5.26 Å². The molecule has 0 heterocycles. The lowest BCUT2D eigenvalue weighted by Crippen LogP contribution is -2.15. The lowest BCUT2D eigenvalue weighted by molar-refractivity contribution is 0.0969. The van der Waals surface area contributed by atoms with Gasteiger partial charge in [0.15, 0.2) is 0 Å². The van der Waals surface area contributed by atoms with Crippen LogP contribution in [0.25, 0.3) is 0 Å². The van der Waals surface area contributed by atoms with Crippen LogP contribution in [0, 0.1) is 18.4 Å². The van der Waals surface area contributed by atoms with Gasteiger partial charge in [-0.15, -0.1) is 0 Å². The Bertz CT molecular complexity index is 321. The summed E-state index contributed by atoms with van der Waals surface area (Å²) in [5.41, 5.74) is 1.04. The Labute approximate surface area is 70.6 Å². The summed E-state index contributed by atoms with van der Waals surface area (Å²) in [4.78, 5) is 11.0. The number of hydrogen-bond acceptors (Lipinski definition) is 2. The average Bonchev–Trinajstić information content (AvgIpc) is 2.17. The van der Waals surface area contributed by atoms with Gasteiger partial charge in [-0.3, -0.25) is 4.79 Å². The van der Waals surface area contributed by atoms with Gasteiger partial charge in [0.1, 0.15) is 0 Å². The molecule has 0 bridgehead atoms. The van der Waals surface area contributed by atoms with Gasteiger partial charge in [0.05, 0.1) is 11.6 Å². The Kier molecular flexibility index (Phi) is 2.44. The van der Waals surface area contributed by atoms with Crippen molar-refractivity contribution in [2.45, 2.75) is 0 Å². The Morgan fingerprint density at radius 1 is 1.42 bits per heavy atom. The summed E-state index contributed by atoms with van der Waals surface area (Å²) < 4.78 is 0. The topological polar surface area (TPSA) is 52.9 Å². The molecule has 12 heavy (non-hydrogen) atoms. The molecule has 0 aliphatic heterocycles. The van der Waals surface area contributed by atoms with Crippen molar-refractivity contribution in [2.24, 2.45) is 0 Å². The van der Waals surface area contributed by atoms with Crippen molar-refractivity contribution in [3.05, 3.63) is 42.4 Å². The van der Waals surface area contributed by atoms with Gasteiger partial charge in [-0.05, 0) is 24.3 Å². The minimum Gasteiger partial charge on any atom is -0.350 e.